The van der Waals surface area contributed by atoms with Gasteiger partial charge in [0.1, 0.15) is 0 Å². The quantitative estimate of drug-likeness (QED) is 0.776. The highest BCUT2D eigenvalue weighted by molar-refractivity contribution is 5.10. The van der Waals surface area contributed by atoms with Crippen LogP contribution in [0.25, 0.3) is 0 Å². The van der Waals surface area contributed by atoms with Gasteiger partial charge >= 0.3 is 0 Å². The van der Waals surface area contributed by atoms with Gasteiger partial charge in [-0.3, -0.25) is 4.68 Å². The average Bonchev–Trinajstić information content (AvgIpc) is 2.68. The molecule has 1 unspecified atom stereocenters. The number of rotatable bonds is 6. The standard InChI is InChI=1S/C12H23N3/c1-5-10-8-12(7-3)15(14-10)9-11(6-2)13-4/h8,11,13H,5-7,9H2,1-4H3. The van der Waals surface area contributed by atoms with E-state index < -0.39 is 0 Å². The maximum atomic E-state index is 4.61. The van der Waals surface area contributed by atoms with Crippen molar-refractivity contribution in [3.05, 3.63) is 17.5 Å². The smallest absolute Gasteiger partial charge is 0.0624 e. The molecule has 1 heterocycles. The molecule has 1 N–H and O–H groups in total. The van der Waals surface area contributed by atoms with E-state index in [0.717, 1.165) is 25.8 Å². The first-order chi connectivity index (χ1) is 7.24. The van der Waals surface area contributed by atoms with Crippen molar-refractivity contribution in [3.63, 3.8) is 0 Å². The Balaban J connectivity index is 2.77. The highest BCUT2D eigenvalue weighted by Gasteiger charge is 2.09. The third-order valence-corrected chi connectivity index (χ3v) is 2.93. The summed E-state index contributed by atoms with van der Waals surface area (Å²) in [5.41, 5.74) is 2.55. The molecule has 1 aromatic rings. The summed E-state index contributed by atoms with van der Waals surface area (Å²) in [6.07, 6.45) is 3.23. The fourth-order valence-corrected chi connectivity index (χ4v) is 1.76. The molecule has 0 fully saturated rings. The van der Waals surface area contributed by atoms with Gasteiger partial charge in [-0.2, -0.15) is 5.10 Å². The van der Waals surface area contributed by atoms with E-state index in [9.17, 15) is 0 Å². The van der Waals surface area contributed by atoms with Crippen LogP contribution in [0, 0.1) is 0 Å². The molecule has 0 aliphatic carbocycles. The maximum Gasteiger partial charge on any atom is 0.0624 e. The van der Waals surface area contributed by atoms with Crippen molar-refractivity contribution in [2.75, 3.05) is 7.05 Å². The van der Waals surface area contributed by atoms with Gasteiger partial charge in [0.2, 0.25) is 0 Å². The normalized spacial score (nSPS) is 13.1. The van der Waals surface area contributed by atoms with Crippen LogP contribution in [0.4, 0.5) is 0 Å². The second kappa shape index (κ2) is 5.91. The minimum atomic E-state index is 0.528. The lowest BCUT2D eigenvalue weighted by Crippen LogP contribution is -2.30. The van der Waals surface area contributed by atoms with Gasteiger partial charge in [-0.05, 0) is 32.4 Å². The predicted octanol–water partition coefficient (Wildman–Crippen LogP) is 2.01. The van der Waals surface area contributed by atoms with Crippen LogP contribution in [0.1, 0.15) is 38.6 Å². The first-order valence-corrected chi connectivity index (χ1v) is 5.97. The topological polar surface area (TPSA) is 29.9 Å². The van der Waals surface area contributed by atoms with Gasteiger partial charge in [-0.1, -0.05) is 20.8 Å². The zero-order valence-electron chi connectivity index (χ0n) is 10.4. The SMILES string of the molecule is CCc1cc(CC)n(CC(CC)NC)n1. The van der Waals surface area contributed by atoms with Gasteiger partial charge in [0.15, 0.2) is 0 Å². The first kappa shape index (κ1) is 12.2. The maximum absolute atomic E-state index is 4.61. The molecule has 86 valence electrons. The van der Waals surface area contributed by atoms with Crippen molar-refractivity contribution in [3.8, 4) is 0 Å². The Bertz CT molecular complexity index is 287. The van der Waals surface area contributed by atoms with E-state index in [-0.39, 0.29) is 0 Å². The summed E-state index contributed by atoms with van der Waals surface area (Å²) >= 11 is 0. The Morgan fingerprint density at radius 1 is 1.33 bits per heavy atom. The number of nitrogens with one attached hydrogen (secondary N) is 1. The van der Waals surface area contributed by atoms with E-state index >= 15 is 0 Å². The molecule has 3 heteroatoms. The van der Waals surface area contributed by atoms with E-state index in [1.54, 1.807) is 0 Å². The fourth-order valence-electron chi connectivity index (χ4n) is 1.76. The zero-order chi connectivity index (χ0) is 11.3. The lowest BCUT2D eigenvalue weighted by molar-refractivity contribution is 0.432. The molecule has 0 spiro atoms. The van der Waals surface area contributed by atoms with Gasteiger partial charge in [-0.25, -0.2) is 0 Å². The van der Waals surface area contributed by atoms with Crippen LogP contribution in [0.3, 0.4) is 0 Å². The van der Waals surface area contributed by atoms with E-state index in [2.05, 4.69) is 41.9 Å². The monoisotopic (exact) mass is 209 g/mol. The third-order valence-electron chi connectivity index (χ3n) is 2.93. The van der Waals surface area contributed by atoms with Crippen LogP contribution in [-0.4, -0.2) is 22.9 Å². The number of nitrogens with zero attached hydrogens (tertiary/aromatic N) is 2. The van der Waals surface area contributed by atoms with Crippen LogP contribution in [0.5, 0.6) is 0 Å². The number of aryl methyl sites for hydroxylation is 2. The number of aromatic nitrogens is 2. The van der Waals surface area contributed by atoms with E-state index in [1.807, 2.05) is 7.05 Å². The molecule has 0 saturated carbocycles. The molecule has 0 amide bonds. The predicted molar refractivity (Wildman–Crippen MR) is 64.1 cm³/mol. The van der Waals surface area contributed by atoms with Crippen molar-refractivity contribution in [2.24, 2.45) is 0 Å². The molecular formula is C12H23N3. The molecule has 1 atom stereocenters. The molecule has 1 aromatic heterocycles. The van der Waals surface area contributed by atoms with Crippen molar-refractivity contribution in [2.45, 2.75) is 52.6 Å². The molecule has 1 rings (SSSR count). The molecule has 0 radical (unpaired) electrons. The Kier molecular flexibility index (Phi) is 4.82. The van der Waals surface area contributed by atoms with Crippen LogP contribution in [0.2, 0.25) is 0 Å². The van der Waals surface area contributed by atoms with Crippen LogP contribution < -0.4 is 5.32 Å². The number of hydrogen-bond donors (Lipinski definition) is 1. The van der Waals surface area contributed by atoms with Gasteiger partial charge in [-0.15, -0.1) is 0 Å². The minimum Gasteiger partial charge on any atom is -0.315 e. The van der Waals surface area contributed by atoms with Gasteiger partial charge in [0, 0.05) is 11.7 Å². The van der Waals surface area contributed by atoms with Crippen molar-refractivity contribution < 1.29 is 0 Å². The fraction of sp³-hybridized carbons (Fsp3) is 0.750. The van der Waals surface area contributed by atoms with E-state index in [1.165, 1.54) is 11.4 Å². The summed E-state index contributed by atoms with van der Waals surface area (Å²) in [6.45, 7) is 7.53. The lowest BCUT2D eigenvalue weighted by Gasteiger charge is -2.15. The second-order valence-corrected chi connectivity index (χ2v) is 3.91. The Morgan fingerprint density at radius 3 is 2.53 bits per heavy atom. The molecule has 15 heavy (non-hydrogen) atoms. The molecule has 3 nitrogen and oxygen atoms in total. The molecule has 0 bridgehead atoms. The van der Waals surface area contributed by atoms with Crippen LogP contribution >= 0.6 is 0 Å². The summed E-state index contributed by atoms with van der Waals surface area (Å²) < 4.78 is 2.16. The lowest BCUT2D eigenvalue weighted by atomic mass is 10.2. The highest BCUT2D eigenvalue weighted by atomic mass is 15.3. The largest absolute Gasteiger partial charge is 0.315 e. The summed E-state index contributed by atoms with van der Waals surface area (Å²) in [4.78, 5) is 0. The molecule has 0 aliphatic rings. The Hall–Kier alpha value is -0.830. The average molecular weight is 209 g/mol. The summed E-state index contributed by atoms with van der Waals surface area (Å²) in [7, 11) is 2.02. The highest BCUT2D eigenvalue weighted by Crippen LogP contribution is 2.08. The Morgan fingerprint density at radius 2 is 2.07 bits per heavy atom. The second-order valence-electron chi connectivity index (χ2n) is 3.91. The number of likely N-dealkylation sites (N-methyl/N-ethyl adjacent to an activating group) is 1. The molecule has 0 aliphatic heterocycles. The minimum absolute atomic E-state index is 0.528. The van der Waals surface area contributed by atoms with Gasteiger partial charge < -0.3 is 5.32 Å². The molecular weight excluding hydrogens is 186 g/mol. The van der Waals surface area contributed by atoms with Crippen LogP contribution in [0.15, 0.2) is 6.07 Å². The zero-order valence-corrected chi connectivity index (χ0v) is 10.4. The number of hydrogen-bond acceptors (Lipinski definition) is 2. The van der Waals surface area contributed by atoms with E-state index in [4.69, 9.17) is 0 Å². The summed E-state index contributed by atoms with van der Waals surface area (Å²) in [6, 6.07) is 2.75. The van der Waals surface area contributed by atoms with Crippen LogP contribution in [-0.2, 0) is 19.4 Å². The van der Waals surface area contributed by atoms with Crippen molar-refractivity contribution in [1.29, 1.82) is 0 Å². The van der Waals surface area contributed by atoms with Crippen molar-refractivity contribution in [1.82, 2.24) is 15.1 Å². The van der Waals surface area contributed by atoms with Crippen molar-refractivity contribution >= 4 is 0 Å². The summed E-state index contributed by atoms with van der Waals surface area (Å²) in [5.74, 6) is 0. The van der Waals surface area contributed by atoms with E-state index in [0.29, 0.717) is 6.04 Å². The van der Waals surface area contributed by atoms with Gasteiger partial charge in [0.25, 0.3) is 0 Å². The molecule has 0 saturated heterocycles. The first-order valence-electron chi connectivity index (χ1n) is 5.97. The Labute approximate surface area is 92.9 Å². The molecule has 0 aromatic carbocycles. The third kappa shape index (κ3) is 3.06. The van der Waals surface area contributed by atoms with Gasteiger partial charge in [0.05, 0.1) is 12.2 Å². The summed E-state index contributed by atoms with van der Waals surface area (Å²) in [5, 5.41) is 7.93.